The van der Waals surface area contributed by atoms with Crippen LogP contribution in [0.5, 0.6) is 0 Å². The number of hydrogen-bond acceptors (Lipinski definition) is 5. The number of aliphatic hydroxyl groups excluding tert-OH is 1. The van der Waals surface area contributed by atoms with E-state index in [1.807, 2.05) is 0 Å². The topological polar surface area (TPSA) is 104 Å². The van der Waals surface area contributed by atoms with E-state index in [1.165, 1.54) is 0 Å². The number of hydrogen-bond donors (Lipinski definition) is 3. The quantitative estimate of drug-likeness (QED) is 0.666. The molecular formula is C10H11N5O2. The van der Waals surface area contributed by atoms with Crippen LogP contribution in [0, 0.1) is 0 Å². The molecule has 1 aromatic heterocycles. The Bertz CT molecular complexity index is 497. The molecule has 0 spiro atoms. The lowest BCUT2D eigenvalue weighted by Crippen LogP contribution is -2.26. The Labute approximate surface area is 96.9 Å². The van der Waals surface area contributed by atoms with Crippen molar-refractivity contribution in [3.05, 3.63) is 29.8 Å². The van der Waals surface area contributed by atoms with Gasteiger partial charge in [-0.25, -0.2) is 0 Å². The number of H-pyrrole nitrogens is 1. The number of aromatic amines is 1. The van der Waals surface area contributed by atoms with Crippen LogP contribution in [0.2, 0.25) is 0 Å². The van der Waals surface area contributed by atoms with Crippen molar-refractivity contribution in [3.63, 3.8) is 0 Å². The molecule has 0 aliphatic heterocycles. The molecule has 0 aliphatic carbocycles. The van der Waals surface area contributed by atoms with E-state index in [9.17, 15) is 4.79 Å². The zero-order valence-electron chi connectivity index (χ0n) is 8.92. The highest BCUT2D eigenvalue weighted by molar-refractivity contribution is 5.95. The van der Waals surface area contributed by atoms with Gasteiger partial charge in [0.2, 0.25) is 5.82 Å². The molecule has 88 valence electrons. The highest BCUT2D eigenvalue weighted by Gasteiger charge is 2.08. The number of benzene rings is 1. The summed E-state index contributed by atoms with van der Waals surface area (Å²) in [6.07, 6.45) is 0. The van der Waals surface area contributed by atoms with E-state index in [-0.39, 0.29) is 19.1 Å². The molecule has 17 heavy (non-hydrogen) atoms. The van der Waals surface area contributed by atoms with Crippen molar-refractivity contribution in [3.8, 4) is 11.4 Å². The van der Waals surface area contributed by atoms with Crippen molar-refractivity contribution < 1.29 is 9.90 Å². The molecule has 2 rings (SSSR count). The Morgan fingerprint density at radius 3 is 3.06 bits per heavy atom. The highest BCUT2D eigenvalue weighted by Crippen LogP contribution is 2.14. The number of aromatic nitrogens is 4. The van der Waals surface area contributed by atoms with Gasteiger partial charge >= 0.3 is 0 Å². The zero-order chi connectivity index (χ0) is 12.1. The summed E-state index contributed by atoms with van der Waals surface area (Å²) in [6, 6.07) is 6.86. The molecule has 0 atom stereocenters. The van der Waals surface area contributed by atoms with Gasteiger partial charge in [0.25, 0.3) is 5.91 Å². The summed E-state index contributed by atoms with van der Waals surface area (Å²) in [5.41, 5.74) is 1.19. The van der Waals surface area contributed by atoms with Gasteiger partial charge < -0.3 is 10.4 Å². The van der Waals surface area contributed by atoms with Crippen molar-refractivity contribution in [1.29, 1.82) is 0 Å². The lowest BCUT2D eigenvalue weighted by atomic mass is 10.1. The molecule has 1 heterocycles. The summed E-state index contributed by atoms with van der Waals surface area (Å²) in [5, 5.41) is 24.6. The fourth-order valence-corrected chi connectivity index (χ4v) is 1.36. The number of rotatable bonds is 4. The van der Waals surface area contributed by atoms with Crippen molar-refractivity contribution in [1.82, 2.24) is 25.9 Å². The third kappa shape index (κ3) is 2.64. The monoisotopic (exact) mass is 233 g/mol. The van der Waals surface area contributed by atoms with Gasteiger partial charge in [0.1, 0.15) is 0 Å². The van der Waals surface area contributed by atoms with Crippen molar-refractivity contribution in [2.75, 3.05) is 13.2 Å². The number of nitrogens with one attached hydrogen (secondary N) is 2. The number of carbonyl (C=O) groups is 1. The van der Waals surface area contributed by atoms with Crippen molar-refractivity contribution in [2.24, 2.45) is 0 Å². The van der Waals surface area contributed by atoms with Crippen LogP contribution in [0.4, 0.5) is 0 Å². The highest BCUT2D eigenvalue weighted by atomic mass is 16.3. The van der Waals surface area contributed by atoms with Gasteiger partial charge in [-0.1, -0.05) is 12.1 Å². The molecule has 0 unspecified atom stereocenters. The molecule has 0 saturated heterocycles. The maximum atomic E-state index is 11.6. The smallest absolute Gasteiger partial charge is 0.251 e. The van der Waals surface area contributed by atoms with Gasteiger partial charge in [-0.15, -0.1) is 10.2 Å². The van der Waals surface area contributed by atoms with Crippen molar-refractivity contribution in [2.45, 2.75) is 0 Å². The fourth-order valence-electron chi connectivity index (χ4n) is 1.36. The molecule has 0 bridgehead atoms. The molecule has 2 aromatic rings. The van der Waals surface area contributed by atoms with Crippen molar-refractivity contribution >= 4 is 5.91 Å². The van der Waals surface area contributed by atoms with Crippen LogP contribution in [-0.4, -0.2) is 44.8 Å². The van der Waals surface area contributed by atoms with E-state index >= 15 is 0 Å². The first-order valence-electron chi connectivity index (χ1n) is 5.04. The van der Waals surface area contributed by atoms with Gasteiger partial charge in [-0.05, 0) is 17.3 Å². The molecule has 1 amide bonds. The lowest BCUT2D eigenvalue weighted by molar-refractivity contribution is 0.0945. The molecule has 3 N–H and O–H groups in total. The second kappa shape index (κ2) is 5.17. The Kier molecular flexibility index (Phi) is 3.41. The second-order valence-electron chi connectivity index (χ2n) is 3.30. The first-order valence-corrected chi connectivity index (χ1v) is 5.04. The van der Waals surface area contributed by atoms with E-state index in [0.717, 1.165) is 0 Å². The molecule has 7 heteroatoms. The van der Waals surface area contributed by atoms with Crippen LogP contribution >= 0.6 is 0 Å². The minimum absolute atomic E-state index is 0.0870. The predicted octanol–water partition coefficient (Wildman–Crippen LogP) is -0.411. The van der Waals surface area contributed by atoms with Gasteiger partial charge in [0, 0.05) is 17.7 Å². The molecule has 7 nitrogen and oxygen atoms in total. The van der Waals surface area contributed by atoms with Gasteiger partial charge in [-0.2, -0.15) is 5.21 Å². The number of carbonyl (C=O) groups excluding carboxylic acids is 1. The minimum atomic E-state index is -0.246. The van der Waals surface area contributed by atoms with E-state index < -0.39 is 0 Å². The number of tetrazole rings is 1. The summed E-state index contributed by atoms with van der Waals surface area (Å²) in [6.45, 7) is 0.140. The van der Waals surface area contributed by atoms with Crippen LogP contribution in [0.25, 0.3) is 11.4 Å². The van der Waals surface area contributed by atoms with Crippen LogP contribution in [0.15, 0.2) is 24.3 Å². The maximum absolute atomic E-state index is 11.6. The average Bonchev–Trinajstić information content (AvgIpc) is 2.90. The Hall–Kier alpha value is -2.28. The number of amides is 1. The van der Waals surface area contributed by atoms with E-state index in [1.54, 1.807) is 24.3 Å². The zero-order valence-corrected chi connectivity index (χ0v) is 8.92. The molecule has 1 aromatic carbocycles. The normalized spacial score (nSPS) is 10.2. The number of aliphatic hydroxyl groups is 1. The van der Waals surface area contributed by atoms with Crippen LogP contribution < -0.4 is 5.32 Å². The Morgan fingerprint density at radius 2 is 2.35 bits per heavy atom. The number of nitrogens with zero attached hydrogens (tertiary/aromatic N) is 3. The molecular weight excluding hydrogens is 222 g/mol. The fraction of sp³-hybridized carbons (Fsp3) is 0.200. The predicted molar refractivity (Wildman–Crippen MR) is 59.0 cm³/mol. The third-order valence-corrected chi connectivity index (χ3v) is 2.13. The molecule has 0 radical (unpaired) electrons. The van der Waals surface area contributed by atoms with Crippen LogP contribution in [0.1, 0.15) is 10.4 Å². The maximum Gasteiger partial charge on any atom is 0.251 e. The summed E-state index contributed by atoms with van der Waals surface area (Å²) < 4.78 is 0. The lowest BCUT2D eigenvalue weighted by Gasteiger charge is -2.03. The van der Waals surface area contributed by atoms with E-state index in [4.69, 9.17) is 5.11 Å². The van der Waals surface area contributed by atoms with Crippen LogP contribution in [-0.2, 0) is 0 Å². The SMILES string of the molecule is O=C(NCCO)c1cccc(-c2nn[nH]n2)c1. The van der Waals surface area contributed by atoms with E-state index in [0.29, 0.717) is 17.0 Å². The molecule has 0 saturated carbocycles. The Morgan fingerprint density at radius 1 is 1.47 bits per heavy atom. The summed E-state index contributed by atoms with van der Waals surface area (Å²) in [4.78, 5) is 11.6. The average molecular weight is 233 g/mol. The minimum Gasteiger partial charge on any atom is -0.395 e. The van der Waals surface area contributed by atoms with Gasteiger partial charge in [0.05, 0.1) is 6.61 Å². The summed E-state index contributed by atoms with van der Waals surface area (Å²) in [7, 11) is 0. The largest absolute Gasteiger partial charge is 0.395 e. The van der Waals surface area contributed by atoms with E-state index in [2.05, 4.69) is 25.9 Å². The molecule has 0 aliphatic rings. The summed E-state index contributed by atoms with van der Waals surface area (Å²) in [5.74, 6) is 0.186. The standard InChI is InChI=1S/C10H11N5O2/c16-5-4-11-10(17)8-3-1-2-7(6-8)9-12-14-15-13-9/h1-3,6,16H,4-5H2,(H,11,17)(H,12,13,14,15). The van der Waals surface area contributed by atoms with Gasteiger partial charge in [-0.3, -0.25) is 4.79 Å². The van der Waals surface area contributed by atoms with Gasteiger partial charge in [0.15, 0.2) is 0 Å². The molecule has 0 fully saturated rings. The summed E-state index contributed by atoms with van der Waals surface area (Å²) >= 11 is 0. The Balaban J connectivity index is 2.20. The van der Waals surface area contributed by atoms with Crippen LogP contribution in [0.3, 0.4) is 0 Å². The first-order chi connectivity index (χ1) is 8.31. The first kappa shape index (κ1) is 11.2. The third-order valence-electron chi connectivity index (χ3n) is 2.13. The second-order valence-corrected chi connectivity index (χ2v) is 3.30.